The van der Waals surface area contributed by atoms with E-state index in [9.17, 15) is 14.4 Å². The van der Waals surface area contributed by atoms with E-state index in [1.807, 2.05) is 29.2 Å². The van der Waals surface area contributed by atoms with Crippen molar-refractivity contribution >= 4 is 40.9 Å². The van der Waals surface area contributed by atoms with Gasteiger partial charge in [0.05, 0.1) is 17.0 Å². The fourth-order valence-electron chi connectivity index (χ4n) is 4.99. The molecule has 5 rings (SSSR count). The number of hydrogen-bond donors (Lipinski definition) is 1. The van der Waals surface area contributed by atoms with Gasteiger partial charge in [0.15, 0.2) is 0 Å². The number of imidazole rings is 1. The molecule has 1 N–H and O–H groups in total. The minimum atomic E-state index is -0.605. The summed E-state index contributed by atoms with van der Waals surface area (Å²) >= 11 is 0. The molecule has 0 radical (unpaired) electrons. The first-order chi connectivity index (χ1) is 15.0. The minimum Gasteiger partial charge on any atom is -0.339 e. The topological polar surface area (TPSA) is 96.7 Å². The van der Waals surface area contributed by atoms with Crippen LogP contribution in [-0.4, -0.2) is 51.5 Å². The number of likely N-dealkylation sites (tertiary alicyclic amines) is 1. The molecule has 1 saturated carbocycles. The summed E-state index contributed by atoms with van der Waals surface area (Å²) < 4.78 is 2.10. The number of anilines is 1. The van der Waals surface area contributed by atoms with Crippen LogP contribution in [0.4, 0.5) is 5.95 Å². The maximum atomic E-state index is 12.8. The summed E-state index contributed by atoms with van der Waals surface area (Å²) in [5.74, 6) is -0.755. The smallest absolute Gasteiger partial charge is 0.269 e. The normalized spacial score (nSPS) is 27.0. The molecule has 3 aliphatic rings. The van der Waals surface area contributed by atoms with Gasteiger partial charge in [0.25, 0.3) is 5.91 Å². The summed E-state index contributed by atoms with van der Waals surface area (Å²) in [7, 11) is 0. The van der Waals surface area contributed by atoms with E-state index >= 15 is 0 Å². The van der Waals surface area contributed by atoms with E-state index in [0.29, 0.717) is 5.95 Å². The second-order valence-corrected chi connectivity index (χ2v) is 8.56. The first-order valence-corrected chi connectivity index (χ1v) is 10.4. The summed E-state index contributed by atoms with van der Waals surface area (Å²) in [5, 5.41) is 2.93. The quantitative estimate of drug-likeness (QED) is 0.773. The lowest BCUT2D eigenvalue weighted by Gasteiger charge is -2.46. The van der Waals surface area contributed by atoms with Gasteiger partial charge in [0.1, 0.15) is 0 Å². The minimum absolute atomic E-state index is 0.0120. The number of benzene rings is 1. The third kappa shape index (κ3) is 3.37. The number of amides is 3. The first kappa shape index (κ1) is 19.4. The van der Waals surface area contributed by atoms with Crippen LogP contribution in [0.2, 0.25) is 0 Å². The van der Waals surface area contributed by atoms with Gasteiger partial charge < -0.3 is 9.47 Å². The van der Waals surface area contributed by atoms with Crippen molar-refractivity contribution in [3.8, 4) is 0 Å². The Hall–Kier alpha value is -3.55. The number of rotatable bonds is 4. The Kier molecular flexibility index (Phi) is 4.57. The third-order valence-electron chi connectivity index (χ3n) is 6.57. The zero-order chi connectivity index (χ0) is 21.6. The van der Waals surface area contributed by atoms with Crippen LogP contribution in [-0.2, 0) is 14.4 Å². The molecule has 2 aromatic rings. The highest BCUT2D eigenvalue weighted by Crippen LogP contribution is 2.55. The fourth-order valence-corrected chi connectivity index (χ4v) is 4.99. The van der Waals surface area contributed by atoms with Gasteiger partial charge in [-0.3, -0.25) is 19.7 Å². The maximum absolute atomic E-state index is 12.8. The first-order valence-electron chi connectivity index (χ1n) is 10.4. The van der Waals surface area contributed by atoms with E-state index in [0.717, 1.165) is 43.4 Å². The van der Waals surface area contributed by atoms with Gasteiger partial charge in [0.2, 0.25) is 17.8 Å². The molecule has 1 saturated heterocycles. The highest BCUT2D eigenvalue weighted by Gasteiger charge is 2.50. The van der Waals surface area contributed by atoms with E-state index < -0.39 is 5.92 Å². The molecule has 8 heteroatoms. The van der Waals surface area contributed by atoms with Gasteiger partial charge in [-0.2, -0.15) is 0 Å². The Morgan fingerprint density at radius 1 is 1.26 bits per heavy atom. The zero-order valence-electron chi connectivity index (χ0n) is 17.0. The van der Waals surface area contributed by atoms with Gasteiger partial charge in [-0.15, -0.1) is 0 Å². The van der Waals surface area contributed by atoms with Gasteiger partial charge in [-0.1, -0.05) is 24.8 Å². The average molecular weight is 417 g/mol. The predicted molar refractivity (Wildman–Crippen MR) is 117 cm³/mol. The van der Waals surface area contributed by atoms with Crippen molar-refractivity contribution in [1.82, 2.24) is 14.5 Å². The number of hydrogen-bond acceptors (Lipinski definition) is 4. The maximum Gasteiger partial charge on any atom is 0.269 e. The molecule has 2 aliphatic heterocycles. The number of dihydropyridines is 1. The summed E-state index contributed by atoms with van der Waals surface area (Å²) in [4.78, 5) is 46.2. The van der Waals surface area contributed by atoms with Crippen LogP contribution in [0.1, 0.15) is 25.3 Å². The number of carbonyl (C=O) groups excluding carboxylic acids is 3. The van der Waals surface area contributed by atoms with E-state index in [1.165, 1.54) is 18.4 Å². The van der Waals surface area contributed by atoms with Crippen molar-refractivity contribution < 1.29 is 14.4 Å². The van der Waals surface area contributed by atoms with Crippen molar-refractivity contribution in [2.45, 2.75) is 25.3 Å². The Labute approximate surface area is 179 Å². The van der Waals surface area contributed by atoms with Crippen LogP contribution in [0, 0.1) is 11.3 Å². The number of fused-ring (bicyclic) bond motifs is 1. The molecular weight excluding hydrogens is 394 g/mol. The highest BCUT2D eigenvalue weighted by atomic mass is 16.2. The number of para-hydroxylation sites is 2. The van der Waals surface area contributed by atoms with Gasteiger partial charge >= 0.3 is 0 Å². The summed E-state index contributed by atoms with van der Waals surface area (Å²) in [6.07, 6.45) is 8.41. The monoisotopic (exact) mass is 417 g/mol. The third-order valence-corrected chi connectivity index (χ3v) is 6.57. The van der Waals surface area contributed by atoms with Crippen molar-refractivity contribution in [3.05, 3.63) is 49.1 Å². The molecule has 158 valence electrons. The predicted octanol–water partition coefficient (Wildman–Crippen LogP) is 2.50. The van der Waals surface area contributed by atoms with Crippen LogP contribution >= 0.6 is 0 Å². The number of aliphatic imine (C=N–C) groups is 1. The van der Waals surface area contributed by atoms with E-state index in [2.05, 4.69) is 26.4 Å². The molecule has 1 aromatic heterocycles. The summed E-state index contributed by atoms with van der Waals surface area (Å²) in [6, 6.07) is 8.01. The van der Waals surface area contributed by atoms with E-state index in [1.54, 1.807) is 6.08 Å². The molecular formula is C23H23N5O3. The van der Waals surface area contributed by atoms with E-state index in [-0.39, 0.29) is 29.2 Å². The van der Waals surface area contributed by atoms with Gasteiger partial charge in [-0.05, 0) is 42.9 Å². The van der Waals surface area contributed by atoms with Crippen molar-refractivity contribution in [2.24, 2.45) is 16.3 Å². The zero-order valence-corrected chi connectivity index (χ0v) is 17.0. The SMILES string of the molecule is C=CC(=O)N1CCC2(CC(n3c(NC(=O)C4C=CC(=O)N=C4)nc4ccccc43)C2)C1. The van der Waals surface area contributed by atoms with Gasteiger partial charge in [0, 0.05) is 31.4 Å². The molecule has 31 heavy (non-hydrogen) atoms. The van der Waals surface area contributed by atoms with E-state index in [4.69, 9.17) is 0 Å². The number of carbonyl (C=O) groups is 3. The lowest BCUT2D eigenvalue weighted by atomic mass is 9.65. The molecule has 8 nitrogen and oxygen atoms in total. The lowest BCUT2D eigenvalue weighted by molar-refractivity contribution is -0.126. The van der Waals surface area contributed by atoms with Crippen LogP contribution in [0.15, 0.2) is 54.1 Å². The molecule has 1 atom stereocenters. The van der Waals surface area contributed by atoms with Gasteiger partial charge in [-0.25, -0.2) is 9.98 Å². The molecule has 0 bridgehead atoms. The Balaban J connectivity index is 1.38. The molecule has 1 spiro atoms. The molecule has 3 amide bonds. The molecule has 1 aromatic carbocycles. The number of nitrogens with one attached hydrogen (secondary N) is 1. The largest absolute Gasteiger partial charge is 0.339 e. The summed E-state index contributed by atoms with van der Waals surface area (Å²) in [6.45, 7) is 5.10. The highest BCUT2D eigenvalue weighted by molar-refractivity contribution is 6.09. The Bertz CT molecular complexity index is 1140. The second-order valence-electron chi connectivity index (χ2n) is 8.56. The summed E-state index contributed by atoms with van der Waals surface area (Å²) in [5.41, 5.74) is 1.91. The second kappa shape index (κ2) is 7.30. The molecule has 1 aliphatic carbocycles. The number of aromatic nitrogens is 2. The van der Waals surface area contributed by atoms with Crippen molar-refractivity contribution in [2.75, 3.05) is 18.4 Å². The molecule has 3 heterocycles. The van der Waals surface area contributed by atoms with Crippen LogP contribution in [0.25, 0.3) is 11.0 Å². The Morgan fingerprint density at radius 2 is 2.06 bits per heavy atom. The molecule has 2 fully saturated rings. The van der Waals surface area contributed by atoms with Crippen LogP contribution in [0.3, 0.4) is 0 Å². The van der Waals surface area contributed by atoms with Crippen molar-refractivity contribution in [1.29, 1.82) is 0 Å². The molecule has 1 unspecified atom stereocenters. The van der Waals surface area contributed by atoms with Crippen LogP contribution in [0.5, 0.6) is 0 Å². The lowest BCUT2D eigenvalue weighted by Crippen LogP contribution is -2.42. The standard InChI is InChI=1S/C23H23N5O3/c1-2-20(30)27-10-9-23(14-27)11-16(12-23)28-18-6-4-3-5-17(18)25-22(28)26-21(31)15-7-8-19(29)24-13-15/h2-8,13,15-16H,1,9-12,14H2,(H,25,26,31). The fraction of sp³-hybridized carbons (Fsp3) is 0.348. The number of nitrogens with zero attached hydrogens (tertiary/aromatic N) is 4. The average Bonchev–Trinajstić information content (AvgIpc) is 3.34. The van der Waals surface area contributed by atoms with Crippen LogP contribution < -0.4 is 5.32 Å². The Morgan fingerprint density at radius 3 is 2.81 bits per heavy atom. The van der Waals surface area contributed by atoms with Crippen molar-refractivity contribution in [3.63, 3.8) is 0 Å².